The van der Waals surface area contributed by atoms with Crippen molar-refractivity contribution in [3.05, 3.63) is 80.7 Å². The van der Waals surface area contributed by atoms with Crippen LogP contribution < -0.4 is 3.30 Å². The van der Waals surface area contributed by atoms with Gasteiger partial charge in [-0.3, -0.25) is 0 Å². The molecule has 4 bridgehead atoms. The fourth-order valence-electron chi connectivity index (χ4n) is 7.06. The molecule has 0 saturated heterocycles. The van der Waals surface area contributed by atoms with Crippen molar-refractivity contribution in [2.24, 2.45) is 23.7 Å². The van der Waals surface area contributed by atoms with Crippen LogP contribution in [0.4, 0.5) is 0 Å². The number of rotatable bonds is 5. The van der Waals surface area contributed by atoms with E-state index in [0.717, 1.165) is 23.7 Å². The Balaban J connectivity index is 0.000000162. The molecule has 1 nitrogen and oxygen atoms in total. The van der Waals surface area contributed by atoms with E-state index in [1.807, 2.05) is 15.5 Å². The van der Waals surface area contributed by atoms with Crippen LogP contribution in [0, 0.1) is 23.7 Å². The van der Waals surface area contributed by atoms with Crippen molar-refractivity contribution in [3.8, 4) is 11.1 Å². The molecule has 1 atom stereocenters. The van der Waals surface area contributed by atoms with Crippen molar-refractivity contribution in [2.75, 3.05) is 0 Å². The molecule has 2 aromatic rings. The molecule has 0 amide bonds. The van der Waals surface area contributed by atoms with E-state index in [9.17, 15) is 0 Å². The predicted molar refractivity (Wildman–Crippen MR) is 141 cm³/mol. The van der Waals surface area contributed by atoms with Crippen molar-refractivity contribution in [1.82, 2.24) is 3.30 Å². The van der Waals surface area contributed by atoms with Crippen LogP contribution in [0.15, 0.2) is 80.7 Å². The molecule has 2 aromatic carbocycles. The molecule has 0 aliphatic heterocycles. The van der Waals surface area contributed by atoms with Gasteiger partial charge in [0.2, 0.25) is 0 Å². The third-order valence-electron chi connectivity index (χ3n) is 9.18. The van der Waals surface area contributed by atoms with E-state index in [1.54, 1.807) is 36.0 Å². The summed E-state index contributed by atoms with van der Waals surface area (Å²) in [6.07, 6.45) is 4.66. The maximum atomic E-state index is 4.50. The molecule has 0 spiro atoms. The van der Waals surface area contributed by atoms with Gasteiger partial charge in [0, 0.05) is 0 Å². The molecule has 173 valence electrons. The normalized spacial score (nSPS) is 31.2. The van der Waals surface area contributed by atoms with Gasteiger partial charge in [-0.1, -0.05) is 60.7 Å². The zero-order valence-corrected chi connectivity index (χ0v) is 27.3. The molecule has 3 heteroatoms. The molecule has 5 aliphatic carbocycles. The van der Waals surface area contributed by atoms with Crippen molar-refractivity contribution in [2.45, 2.75) is 64.0 Å². The van der Waals surface area contributed by atoms with E-state index < -0.39 is 29.9 Å². The van der Waals surface area contributed by atoms with Crippen LogP contribution in [0.5, 0.6) is 0 Å². The van der Waals surface area contributed by atoms with Crippen molar-refractivity contribution in [1.29, 1.82) is 0 Å². The summed E-state index contributed by atoms with van der Waals surface area (Å²) < 4.78 is 6.49. The number of allylic oxidation sites excluding steroid dienone is 4. The van der Waals surface area contributed by atoms with E-state index in [0.29, 0.717) is 5.54 Å². The molecular weight excluding hydrogens is 625 g/mol. The standard InChI is InChI=1S/C12H10.C9H13.C7H10N.C2H7Ge.Hf/c1-3-7-11(8-4-1)12-9-5-2-6-10-12;1-6-5-7(2)9(4)8(6)3;8-7-1-4-5(2-7)6(4)3-7;1-3-2;/h1-10H;6H,1-4H3;4-6,8H,1-3H2;3H,1-2H3;/q;;-1;;+1. The Hall–Kier alpha value is -0.707. The molecule has 7 rings (SSSR count). The molecule has 4 saturated carbocycles. The van der Waals surface area contributed by atoms with E-state index in [-0.39, 0.29) is 0 Å². The Bertz CT molecular complexity index is 1000. The minimum atomic E-state index is -1.75. The summed E-state index contributed by atoms with van der Waals surface area (Å²) in [5.41, 5.74) is 8.22. The van der Waals surface area contributed by atoms with Gasteiger partial charge in [0.15, 0.2) is 0 Å². The Morgan fingerprint density at radius 3 is 1.58 bits per heavy atom. The van der Waals surface area contributed by atoms with Gasteiger partial charge in [-0.2, -0.15) is 0 Å². The third-order valence-corrected chi connectivity index (χ3v) is 48.8. The van der Waals surface area contributed by atoms with Gasteiger partial charge in [-0.15, -0.1) is 0 Å². The van der Waals surface area contributed by atoms with Gasteiger partial charge in [0.1, 0.15) is 0 Å². The minimum Gasteiger partial charge on any atom is -0.0622 e. The third kappa shape index (κ3) is 4.49. The van der Waals surface area contributed by atoms with Crippen LogP contribution in [0.25, 0.3) is 11.1 Å². The molecular formula is C30H40GeHfN. The zero-order valence-electron chi connectivity index (χ0n) is 21.3. The van der Waals surface area contributed by atoms with Crippen molar-refractivity contribution >= 4 is 10.6 Å². The van der Waals surface area contributed by atoms with Crippen LogP contribution in [0.1, 0.15) is 47.0 Å². The van der Waals surface area contributed by atoms with Gasteiger partial charge < -0.3 is 0 Å². The van der Waals surface area contributed by atoms with Crippen molar-refractivity contribution in [3.63, 3.8) is 0 Å². The van der Waals surface area contributed by atoms with E-state index in [2.05, 4.69) is 91.0 Å². The van der Waals surface area contributed by atoms with E-state index in [1.165, 1.54) is 11.1 Å². The Labute approximate surface area is 211 Å². The number of benzene rings is 2. The Morgan fingerprint density at radius 2 is 1.21 bits per heavy atom. The van der Waals surface area contributed by atoms with Gasteiger partial charge in [-0.05, 0) is 11.1 Å². The maximum Gasteiger partial charge on any atom is -0.0184 e. The average Bonchev–Trinajstić information content (AvgIpc) is 3.24. The monoisotopic (exact) mass is 668 g/mol. The second kappa shape index (κ2) is 9.39. The smallest absolute Gasteiger partial charge is 0.0184 e. The first-order chi connectivity index (χ1) is 15.8. The average molecular weight is 666 g/mol. The molecule has 0 aromatic heterocycles. The van der Waals surface area contributed by atoms with Gasteiger partial charge in [0.25, 0.3) is 0 Å². The molecule has 0 radical (unpaired) electrons. The Kier molecular flexibility index (Phi) is 6.83. The van der Waals surface area contributed by atoms with Crippen LogP contribution >= 0.6 is 0 Å². The fraction of sp³-hybridized carbons (Fsp3) is 0.467. The molecule has 33 heavy (non-hydrogen) atoms. The van der Waals surface area contributed by atoms with Gasteiger partial charge in [0.05, 0.1) is 0 Å². The zero-order chi connectivity index (χ0) is 23.3. The quantitative estimate of drug-likeness (QED) is 0.326. The summed E-state index contributed by atoms with van der Waals surface area (Å²) in [6, 6.07) is 20.8. The van der Waals surface area contributed by atoms with Gasteiger partial charge in [-0.25, -0.2) is 0 Å². The van der Waals surface area contributed by atoms with Gasteiger partial charge >= 0.3 is 141 Å². The summed E-state index contributed by atoms with van der Waals surface area (Å²) in [5, 5.41) is 0. The molecule has 1 unspecified atom stereocenters. The summed E-state index contributed by atoms with van der Waals surface area (Å²) in [5.74, 6) is 9.60. The molecule has 1 N–H and O–H groups in total. The first-order valence-electron chi connectivity index (χ1n) is 13.0. The number of hydrogen-bond acceptors (Lipinski definition) is 1. The summed E-state index contributed by atoms with van der Waals surface area (Å²) in [7, 11) is -1.04. The number of nitrogens with one attached hydrogen (secondary N) is 1. The fourth-order valence-corrected chi connectivity index (χ4v) is 47.5. The van der Waals surface area contributed by atoms with Crippen LogP contribution in [-0.4, -0.2) is 16.2 Å². The second-order valence-corrected chi connectivity index (χ2v) is 53.5. The van der Waals surface area contributed by atoms with E-state index >= 15 is 0 Å². The Morgan fingerprint density at radius 1 is 0.758 bits per heavy atom. The first-order valence-corrected chi connectivity index (χ1v) is 33.4. The van der Waals surface area contributed by atoms with Crippen LogP contribution in [0.2, 0.25) is 11.5 Å². The SMILES string of the molecule is CC1=C(C)C(C)[C]([Hf]([NH]C23CC4C(C2)C4C3)[GeH]([CH3])[CH3])=C1C.c1ccc(-c2ccccc2)cc1. The second-order valence-electron chi connectivity index (χ2n) is 11.4. The summed E-state index contributed by atoms with van der Waals surface area (Å²) >= 11 is -1.75. The predicted octanol–water partition coefficient (Wildman–Crippen LogP) is 7.50. The molecule has 0 heterocycles. The number of hydrogen-bond donors (Lipinski definition) is 1. The van der Waals surface area contributed by atoms with E-state index in [4.69, 9.17) is 0 Å². The largest absolute Gasteiger partial charge is 0.0622 e. The van der Waals surface area contributed by atoms with Crippen molar-refractivity contribution < 1.29 is 19.2 Å². The first kappa shape index (κ1) is 24.0. The summed E-state index contributed by atoms with van der Waals surface area (Å²) in [6.45, 7) is 9.69. The summed E-state index contributed by atoms with van der Waals surface area (Å²) in [4.78, 5) is 0. The van der Waals surface area contributed by atoms with Crippen LogP contribution in [0.3, 0.4) is 0 Å². The minimum absolute atomic E-state index is 0.648. The molecule has 5 aliphatic rings. The maximum absolute atomic E-state index is 4.50. The molecule has 4 fully saturated rings. The topological polar surface area (TPSA) is 12.0 Å². The van der Waals surface area contributed by atoms with Crippen LogP contribution in [-0.2, 0) is 19.2 Å².